The van der Waals surface area contributed by atoms with Crippen LogP contribution >= 0.6 is 11.8 Å². The molecule has 0 spiro atoms. The van der Waals surface area contributed by atoms with Crippen molar-refractivity contribution in [2.45, 2.75) is 17.6 Å². The van der Waals surface area contributed by atoms with Gasteiger partial charge in [-0.1, -0.05) is 49.1 Å². The molecule has 1 aliphatic rings. The fourth-order valence-corrected chi connectivity index (χ4v) is 3.73. The second-order valence-electron chi connectivity index (χ2n) is 5.23. The summed E-state index contributed by atoms with van der Waals surface area (Å²) in [5.41, 5.74) is 3.37. The molecule has 116 valence electrons. The van der Waals surface area contributed by atoms with E-state index >= 15 is 0 Å². The summed E-state index contributed by atoms with van der Waals surface area (Å²) < 4.78 is 5.88. The summed E-state index contributed by atoms with van der Waals surface area (Å²) >= 11 is 1.69. The van der Waals surface area contributed by atoms with E-state index in [1.54, 1.807) is 17.8 Å². The van der Waals surface area contributed by atoms with Crippen molar-refractivity contribution < 1.29 is 9.53 Å². The van der Waals surface area contributed by atoms with E-state index in [1.165, 1.54) is 0 Å². The number of fused-ring (bicyclic) bond motifs is 2. The lowest BCUT2D eigenvalue weighted by Gasteiger charge is -2.15. The van der Waals surface area contributed by atoms with Crippen molar-refractivity contribution in [2.75, 3.05) is 6.61 Å². The number of carbonyl (C=O) groups is 1. The van der Waals surface area contributed by atoms with E-state index in [1.807, 2.05) is 55.5 Å². The van der Waals surface area contributed by atoms with Gasteiger partial charge in [0.1, 0.15) is 12.4 Å². The largest absolute Gasteiger partial charge is 0.488 e. The third kappa shape index (κ3) is 2.97. The highest BCUT2D eigenvalue weighted by molar-refractivity contribution is 7.98. The maximum atomic E-state index is 13.1. The third-order valence-corrected chi connectivity index (χ3v) is 4.83. The summed E-state index contributed by atoms with van der Waals surface area (Å²) in [4.78, 5) is 14.1. The Hall–Kier alpha value is -2.26. The maximum Gasteiger partial charge on any atom is 0.198 e. The van der Waals surface area contributed by atoms with Gasteiger partial charge in [0.2, 0.25) is 0 Å². The Balaban J connectivity index is 2.21. The summed E-state index contributed by atoms with van der Waals surface area (Å²) in [7, 11) is 0. The Morgan fingerprint density at radius 1 is 1.26 bits per heavy atom. The van der Waals surface area contributed by atoms with Crippen LogP contribution in [0.25, 0.3) is 6.08 Å². The fourth-order valence-electron chi connectivity index (χ4n) is 2.69. The van der Waals surface area contributed by atoms with Gasteiger partial charge in [0.25, 0.3) is 0 Å². The number of benzene rings is 2. The van der Waals surface area contributed by atoms with Gasteiger partial charge >= 0.3 is 0 Å². The zero-order chi connectivity index (χ0) is 16.2. The predicted octanol–water partition coefficient (Wildman–Crippen LogP) is 5.12. The molecule has 0 atom stereocenters. The van der Waals surface area contributed by atoms with Crippen LogP contribution in [0.5, 0.6) is 5.75 Å². The van der Waals surface area contributed by atoms with Gasteiger partial charge in [0, 0.05) is 21.8 Å². The van der Waals surface area contributed by atoms with Gasteiger partial charge in [-0.15, -0.1) is 11.8 Å². The summed E-state index contributed by atoms with van der Waals surface area (Å²) in [6.45, 7) is 6.04. The molecular formula is C20H18O2S. The van der Waals surface area contributed by atoms with Gasteiger partial charge in [0.15, 0.2) is 5.78 Å². The quantitative estimate of drug-likeness (QED) is 0.731. The van der Waals surface area contributed by atoms with Crippen LogP contribution in [0.3, 0.4) is 0 Å². The van der Waals surface area contributed by atoms with Gasteiger partial charge < -0.3 is 4.74 Å². The molecule has 0 aliphatic carbocycles. The molecule has 3 heteroatoms. The summed E-state index contributed by atoms with van der Waals surface area (Å²) in [6.07, 6.45) is 5.62. The van der Waals surface area contributed by atoms with Crippen LogP contribution in [0, 0.1) is 0 Å². The first-order valence-corrected chi connectivity index (χ1v) is 8.53. The lowest BCUT2D eigenvalue weighted by Crippen LogP contribution is -2.09. The van der Waals surface area contributed by atoms with Gasteiger partial charge in [-0.25, -0.2) is 0 Å². The lowest BCUT2D eigenvalue weighted by atomic mass is 9.95. The molecule has 0 aromatic heterocycles. The SMILES string of the molecule is C=CCOc1c(C=CC)ccc2c1C(=O)c1ccccc1SC2. The van der Waals surface area contributed by atoms with Crippen LogP contribution in [0.2, 0.25) is 0 Å². The Morgan fingerprint density at radius 3 is 2.87 bits per heavy atom. The number of ether oxygens (including phenoxy) is 1. The highest BCUT2D eigenvalue weighted by Gasteiger charge is 2.26. The molecule has 23 heavy (non-hydrogen) atoms. The van der Waals surface area contributed by atoms with Gasteiger partial charge in [-0.2, -0.15) is 0 Å². The minimum atomic E-state index is 0.0333. The van der Waals surface area contributed by atoms with E-state index in [0.29, 0.717) is 17.9 Å². The molecule has 0 bridgehead atoms. The van der Waals surface area contributed by atoms with E-state index in [-0.39, 0.29) is 5.78 Å². The van der Waals surface area contributed by atoms with Crippen molar-refractivity contribution in [1.82, 2.24) is 0 Å². The molecule has 0 unspecified atom stereocenters. The van der Waals surface area contributed by atoms with Crippen LogP contribution in [0.15, 0.2) is 60.0 Å². The van der Waals surface area contributed by atoms with Crippen molar-refractivity contribution in [1.29, 1.82) is 0 Å². The molecule has 1 aliphatic heterocycles. The average Bonchev–Trinajstić information content (AvgIpc) is 2.72. The standard InChI is InChI=1S/C20H18O2S/c1-3-7-14-10-11-15-13-23-17-9-6-5-8-16(17)19(21)18(15)20(14)22-12-4-2/h3-11H,2,12-13H2,1H3. The predicted molar refractivity (Wildman–Crippen MR) is 96.3 cm³/mol. The second kappa shape index (κ2) is 6.88. The minimum Gasteiger partial charge on any atom is -0.488 e. The van der Waals surface area contributed by atoms with Crippen molar-refractivity contribution >= 4 is 23.6 Å². The van der Waals surface area contributed by atoms with Crippen LogP contribution in [0.4, 0.5) is 0 Å². The molecule has 2 aromatic carbocycles. The van der Waals surface area contributed by atoms with Crippen LogP contribution in [0.1, 0.15) is 34.0 Å². The highest BCUT2D eigenvalue weighted by Crippen LogP contribution is 2.39. The van der Waals surface area contributed by atoms with Gasteiger partial charge in [-0.3, -0.25) is 4.79 Å². The van der Waals surface area contributed by atoms with E-state index in [0.717, 1.165) is 27.3 Å². The molecule has 2 aromatic rings. The monoisotopic (exact) mass is 322 g/mol. The lowest BCUT2D eigenvalue weighted by molar-refractivity contribution is 0.103. The molecule has 0 fully saturated rings. The Bertz CT molecular complexity index is 790. The topological polar surface area (TPSA) is 26.3 Å². The normalized spacial score (nSPS) is 13.3. The van der Waals surface area contributed by atoms with Crippen LogP contribution in [-0.2, 0) is 5.75 Å². The number of thioether (sulfide) groups is 1. The molecule has 0 amide bonds. The molecule has 0 saturated heterocycles. The smallest absolute Gasteiger partial charge is 0.198 e. The van der Waals surface area contributed by atoms with Gasteiger partial charge in [0.05, 0.1) is 5.56 Å². The molecule has 2 nitrogen and oxygen atoms in total. The minimum absolute atomic E-state index is 0.0333. The van der Waals surface area contributed by atoms with Crippen LogP contribution < -0.4 is 4.74 Å². The zero-order valence-corrected chi connectivity index (χ0v) is 13.9. The first kappa shape index (κ1) is 15.6. The van der Waals surface area contributed by atoms with Crippen molar-refractivity contribution in [3.63, 3.8) is 0 Å². The van der Waals surface area contributed by atoms with Crippen molar-refractivity contribution in [2.24, 2.45) is 0 Å². The Kier molecular flexibility index (Phi) is 4.68. The van der Waals surface area contributed by atoms with E-state index < -0.39 is 0 Å². The first-order chi connectivity index (χ1) is 11.3. The Morgan fingerprint density at radius 2 is 2.09 bits per heavy atom. The zero-order valence-electron chi connectivity index (χ0n) is 13.0. The molecule has 3 rings (SSSR count). The maximum absolute atomic E-state index is 13.1. The molecule has 1 heterocycles. The van der Waals surface area contributed by atoms with E-state index in [9.17, 15) is 4.79 Å². The number of allylic oxidation sites excluding steroid dienone is 1. The average molecular weight is 322 g/mol. The van der Waals surface area contributed by atoms with E-state index in [2.05, 4.69) is 6.58 Å². The van der Waals surface area contributed by atoms with Crippen molar-refractivity contribution in [3.8, 4) is 5.75 Å². The summed E-state index contributed by atoms with van der Waals surface area (Å²) in [5.74, 6) is 1.45. The molecular weight excluding hydrogens is 304 g/mol. The molecule has 0 saturated carbocycles. The fraction of sp³-hybridized carbons (Fsp3) is 0.150. The third-order valence-electron chi connectivity index (χ3n) is 3.71. The van der Waals surface area contributed by atoms with Gasteiger partial charge in [-0.05, 0) is 24.6 Å². The number of hydrogen-bond donors (Lipinski definition) is 0. The number of hydrogen-bond acceptors (Lipinski definition) is 3. The second-order valence-corrected chi connectivity index (χ2v) is 6.25. The molecule has 0 radical (unpaired) electrons. The number of ketones is 1. The number of rotatable bonds is 4. The summed E-state index contributed by atoms with van der Waals surface area (Å²) in [6, 6.07) is 11.8. The first-order valence-electron chi connectivity index (χ1n) is 7.55. The van der Waals surface area contributed by atoms with Crippen molar-refractivity contribution in [3.05, 3.63) is 77.4 Å². The summed E-state index contributed by atoms with van der Waals surface area (Å²) in [5, 5.41) is 0. The Labute approximate surface area is 140 Å². The van der Waals surface area contributed by atoms with E-state index in [4.69, 9.17) is 4.74 Å². The van der Waals surface area contributed by atoms with Crippen LogP contribution in [-0.4, -0.2) is 12.4 Å². The highest BCUT2D eigenvalue weighted by atomic mass is 32.2. The molecule has 0 N–H and O–H groups in total. The number of carbonyl (C=O) groups excluding carboxylic acids is 1.